The Hall–Kier alpha value is -0.910. The highest BCUT2D eigenvalue weighted by Gasteiger charge is 2.33. The fourth-order valence-corrected chi connectivity index (χ4v) is 3.12. The Morgan fingerprint density at radius 3 is 3.00 bits per heavy atom. The molecule has 0 aliphatic carbocycles. The summed E-state index contributed by atoms with van der Waals surface area (Å²) in [7, 11) is 0. The smallest absolute Gasteiger partial charge is 0.237 e. The van der Waals surface area contributed by atoms with Gasteiger partial charge in [-0.1, -0.05) is 35.0 Å². The van der Waals surface area contributed by atoms with Crippen LogP contribution in [-0.4, -0.2) is 36.5 Å². The van der Waals surface area contributed by atoms with Gasteiger partial charge < -0.3 is 11.1 Å². The lowest BCUT2D eigenvalue weighted by Gasteiger charge is -2.40. The highest BCUT2D eigenvalue weighted by atomic mass is 79.9. The van der Waals surface area contributed by atoms with Gasteiger partial charge in [0.2, 0.25) is 5.91 Å². The zero-order chi connectivity index (χ0) is 13.8. The zero-order valence-electron chi connectivity index (χ0n) is 11.1. The highest BCUT2D eigenvalue weighted by molar-refractivity contribution is 9.10. The van der Waals surface area contributed by atoms with Crippen LogP contribution in [-0.2, 0) is 4.79 Å². The first-order chi connectivity index (χ1) is 9.17. The molecule has 1 heterocycles. The van der Waals surface area contributed by atoms with Gasteiger partial charge in [-0.2, -0.15) is 0 Å². The molecule has 104 valence electrons. The molecule has 0 radical (unpaired) electrons. The van der Waals surface area contributed by atoms with Gasteiger partial charge in [0.05, 0.1) is 6.04 Å². The van der Waals surface area contributed by atoms with Crippen molar-refractivity contribution in [2.24, 2.45) is 5.73 Å². The van der Waals surface area contributed by atoms with Crippen LogP contribution in [0.3, 0.4) is 0 Å². The van der Waals surface area contributed by atoms with E-state index in [0.29, 0.717) is 13.1 Å². The molecule has 1 aliphatic rings. The predicted octanol–water partition coefficient (Wildman–Crippen LogP) is 1.66. The van der Waals surface area contributed by atoms with Gasteiger partial charge in [0, 0.05) is 30.1 Å². The van der Waals surface area contributed by atoms with Crippen molar-refractivity contribution in [3.63, 3.8) is 0 Å². The molecule has 3 N–H and O–H groups in total. The molecular weight excluding hydrogens is 306 g/mol. The SMILES string of the molecule is CCC1C(=O)NCCN1C(CN)c1cccc(Br)c1. The lowest BCUT2D eigenvalue weighted by molar-refractivity contribution is -0.130. The third-order valence-corrected chi connectivity index (χ3v) is 4.11. The topological polar surface area (TPSA) is 58.4 Å². The molecule has 4 nitrogen and oxygen atoms in total. The summed E-state index contributed by atoms with van der Waals surface area (Å²) in [6, 6.07) is 8.16. The maximum atomic E-state index is 12.0. The average molecular weight is 326 g/mol. The summed E-state index contributed by atoms with van der Waals surface area (Å²) in [6.45, 7) is 4.09. The number of nitrogens with two attached hydrogens (primary N) is 1. The molecule has 1 aromatic rings. The van der Waals surface area contributed by atoms with Crippen LogP contribution in [0.15, 0.2) is 28.7 Å². The van der Waals surface area contributed by atoms with Crippen LogP contribution in [0, 0.1) is 0 Å². The monoisotopic (exact) mass is 325 g/mol. The number of nitrogens with zero attached hydrogens (tertiary/aromatic N) is 1. The Kier molecular flexibility index (Phi) is 4.96. The summed E-state index contributed by atoms with van der Waals surface area (Å²) in [4.78, 5) is 14.2. The molecule has 1 aromatic carbocycles. The highest BCUT2D eigenvalue weighted by Crippen LogP contribution is 2.26. The van der Waals surface area contributed by atoms with Crippen LogP contribution < -0.4 is 11.1 Å². The van der Waals surface area contributed by atoms with Crippen molar-refractivity contribution in [2.75, 3.05) is 19.6 Å². The molecule has 0 spiro atoms. The number of carbonyl (C=O) groups is 1. The van der Waals surface area contributed by atoms with Gasteiger partial charge >= 0.3 is 0 Å². The number of benzene rings is 1. The Morgan fingerprint density at radius 2 is 2.37 bits per heavy atom. The molecule has 2 rings (SSSR count). The molecule has 0 aromatic heterocycles. The fourth-order valence-electron chi connectivity index (χ4n) is 2.70. The standard InChI is InChI=1S/C14H20BrN3O/c1-2-12-14(19)17-6-7-18(12)13(9-16)10-4-3-5-11(15)8-10/h3-5,8,12-13H,2,6-7,9,16H2,1H3,(H,17,19). The van der Waals surface area contributed by atoms with E-state index >= 15 is 0 Å². The molecule has 2 atom stereocenters. The number of piperazine rings is 1. The number of nitrogens with one attached hydrogen (secondary N) is 1. The number of amides is 1. The van der Waals surface area contributed by atoms with Crippen molar-refractivity contribution in [3.8, 4) is 0 Å². The predicted molar refractivity (Wildman–Crippen MR) is 79.7 cm³/mol. The molecule has 0 saturated carbocycles. The molecule has 19 heavy (non-hydrogen) atoms. The van der Waals surface area contributed by atoms with Gasteiger partial charge in [-0.3, -0.25) is 9.69 Å². The van der Waals surface area contributed by atoms with Crippen LogP contribution in [0.2, 0.25) is 0 Å². The minimum absolute atomic E-state index is 0.0821. The minimum Gasteiger partial charge on any atom is -0.353 e. The van der Waals surface area contributed by atoms with E-state index in [0.717, 1.165) is 23.0 Å². The Bertz CT molecular complexity index is 452. The van der Waals surface area contributed by atoms with E-state index in [1.54, 1.807) is 0 Å². The lowest BCUT2D eigenvalue weighted by atomic mass is 10.0. The quantitative estimate of drug-likeness (QED) is 0.885. The molecular formula is C14H20BrN3O. The molecule has 1 amide bonds. The second kappa shape index (κ2) is 6.50. The Balaban J connectivity index is 2.27. The number of hydrogen-bond donors (Lipinski definition) is 2. The Morgan fingerprint density at radius 1 is 1.58 bits per heavy atom. The third-order valence-electron chi connectivity index (χ3n) is 3.62. The molecule has 1 aliphatic heterocycles. The lowest BCUT2D eigenvalue weighted by Crippen LogP contribution is -2.56. The van der Waals surface area contributed by atoms with E-state index in [2.05, 4.69) is 38.3 Å². The second-order valence-corrected chi connectivity index (χ2v) is 5.68. The van der Waals surface area contributed by atoms with Crippen molar-refractivity contribution in [1.29, 1.82) is 0 Å². The van der Waals surface area contributed by atoms with Crippen molar-refractivity contribution in [3.05, 3.63) is 34.3 Å². The average Bonchev–Trinajstić information content (AvgIpc) is 2.40. The van der Waals surface area contributed by atoms with E-state index in [1.165, 1.54) is 0 Å². The third kappa shape index (κ3) is 3.16. The van der Waals surface area contributed by atoms with Crippen LogP contribution in [0.25, 0.3) is 0 Å². The first-order valence-electron chi connectivity index (χ1n) is 6.66. The first-order valence-corrected chi connectivity index (χ1v) is 7.45. The molecule has 2 unspecified atom stereocenters. The van der Waals surface area contributed by atoms with Gasteiger partial charge in [0.25, 0.3) is 0 Å². The van der Waals surface area contributed by atoms with Crippen LogP contribution in [0.1, 0.15) is 24.9 Å². The maximum absolute atomic E-state index is 12.0. The normalized spacial score (nSPS) is 22.1. The number of hydrogen-bond acceptors (Lipinski definition) is 3. The fraction of sp³-hybridized carbons (Fsp3) is 0.500. The molecule has 0 bridgehead atoms. The van der Waals surface area contributed by atoms with Gasteiger partial charge in [-0.15, -0.1) is 0 Å². The molecule has 1 saturated heterocycles. The molecule has 5 heteroatoms. The summed E-state index contributed by atoms with van der Waals surface area (Å²) in [5, 5.41) is 2.92. The van der Waals surface area contributed by atoms with Crippen molar-refractivity contribution < 1.29 is 4.79 Å². The summed E-state index contributed by atoms with van der Waals surface area (Å²) in [6.07, 6.45) is 0.802. The first kappa shape index (κ1) is 14.5. The van der Waals surface area contributed by atoms with Crippen molar-refractivity contribution >= 4 is 21.8 Å². The van der Waals surface area contributed by atoms with Crippen molar-refractivity contribution in [2.45, 2.75) is 25.4 Å². The number of rotatable bonds is 4. The van der Waals surface area contributed by atoms with E-state index in [1.807, 2.05) is 19.1 Å². The summed E-state index contributed by atoms with van der Waals surface area (Å²) < 4.78 is 1.04. The van der Waals surface area contributed by atoms with Gasteiger partial charge in [-0.25, -0.2) is 0 Å². The van der Waals surface area contributed by atoms with E-state index in [-0.39, 0.29) is 18.0 Å². The summed E-state index contributed by atoms with van der Waals surface area (Å²) >= 11 is 3.49. The minimum atomic E-state index is -0.0821. The maximum Gasteiger partial charge on any atom is 0.237 e. The van der Waals surface area contributed by atoms with E-state index < -0.39 is 0 Å². The summed E-state index contributed by atoms with van der Waals surface area (Å²) in [5.74, 6) is 0.113. The largest absolute Gasteiger partial charge is 0.353 e. The van der Waals surface area contributed by atoms with E-state index in [9.17, 15) is 4.79 Å². The van der Waals surface area contributed by atoms with Gasteiger partial charge in [-0.05, 0) is 24.1 Å². The van der Waals surface area contributed by atoms with Gasteiger partial charge in [0.15, 0.2) is 0 Å². The van der Waals surface area contributed by atoms with Crippen LogP contribution >= 0.6 is 15.9 Å². The summed E-state index contributed by atoms with van der Waals surface area (Å²) in [5.41, 5.74) is 7.12. The van der Waals surface area contributed by atoms with E-state index in [4.69, 9.17) is 5.73 Å². The van der Waals surface area contributed by atoms with Crippen LogP contribution in [0.5, 0.6) is 0 Å². The molecule has 1 fully saturated rings. The van der Waals surface area contributed by atoms with Crippen LogP contribution in [0.4, 0.5) is 0 Å². The Labute approximate surface area is 122 Å². The second-order valence-electron chi connectivity index (χ2n) is 4.76. The zero-order valence-corrected chi connectivity index (χ0v) is 12.7. The number of carbonyl (C=O) groups excluding carboxylic acids is 1. The van der Waals surface area contributed by atoms with Gasteiger partial charge in [0.1, 0.15) is 0 Å². The number of halogens is 1. The van der Waals surface area contributed by atoms with Crippen molar-refractivity contribution in [1.82, 2.24) is 10.2 Å².